The molecule has 256 valence electrons. The summed E-state index contributed by atoms with van der Waals surface area (Å²) in [5, 5.41) is 11.5. The molecule has 0 fully saturated rings. The van der Waals surface area contributed by atoms with Crippen LogP contribution in [-0.4, -0.2) is 75.5 Å². The second kappa shape index (κ2) is 28.3. The van der Waals surface area contributed by atoms with Gasteiger partial charge in [-0.15, -0.1) is 0 Å². The van der Waals surface area contributed by atoms with Crippen LogP contribution >= 0.6 is 0 Å². The van der Waals surface area contributed by atoms with Gasteiger partial charge in [0, 0.05) is 19.3 Å². The molecular formula is C36H65NO7. The van der Waals surface area contributed by atoms with E-state index >= 15 is 0 Å². The van der Waals surface area contributed by atoms with Gasteiger partial charge in [0.05, 0.1) is 40.3 Å². The highest BCUT2D eigenvalue weighted by Gasteiger charge is 2.25. The van der Waals surface area contributed by atoms with Gasteiger partial charge in [0.1, 0.15) is 12.6 Å². The molecule has 0 amide bonds. The molecule has 0 bridgehead atoms. The number of carboxylic acid groups (broad SMARTS) is 1. The van der Waals surface area contributed by atoms with Gasteiger partial charge in [-0.25, -0.2) is 0 Å². The third-order valence-corrected chi connectivity index (χ3v) is 7.60. The summed E-state index contributed by atoms with van der Waals surface area (Å²) >= 11 is 0. The van der Waals surface area contributed by atoms with Gasteiger partial charge in [0.25, 0.3) is 0 Å². The summed E-state index contributed by atoms with van der Waals surface area (Å²) in [6.45, 7) is 4.47. The van der Waals surface area contributed by atoms with E-state index in [-0.39, 0.29) is 49.1 Å². The summed E-state index contributed by atoms with van der Waals surface area (Å²) in [6.07, 6.45) is 26.5. The maximum atomic E-state index is 12.5. The molecule has 0 aromatic carbocycles. The van der Waals surface area contributed by atoms with Crippen LogP contribution in [0.25, 0.3) is 0 Å². The number of unbranched alkanes of at least 4 members (excludes halogenated alkanes) is 12. The predicted octanol–water partition coefficient (Wildman–Crippen LogP) is 6.85. The zero-order valence-electron chi connectivity index (χ0n) is 28.8. The lowest BCUT2D eigenvalue weighted by molar-refractivity contribution is -0.889. The van der Waals surface area contributed by atoms with Crippen LogP contribution in [0.2, 0.25) is 0 Å². The van der Waals surface area contributed by atoms with Crippen molar-refractivity contribution in [3.63, 3.8) is 0 Å². The largest absolute Gasteiger partial charge is 0.544 e. The zero-order valence-corrected chi connectivity index (χ0v) is 28.8. The highest BCUT2D eigenvalue weighted by atomic mass is 16.6. The molecule has 0 saturated carbocycles. The summed E-state index contributed by atoms with van der Waals surface area (Å²) in [4.78, 5) is 36.4. The molecule has 0 heterocycles. The van der Waals surface area contributed by atoms with Crippen LogP contribution in [0.1, 0.15) is 136 Å². The summed E-state index contributed by atoms with van der Waals surface area (Å²) in [7, 11) is 5.37. The average molecular weight is 624 g/mol. The number of esters is 2. The summed E-state index contributed by atoms with van der Waals surface area (Å²) < 4.78 is 17.0. The molecule has 0 N–H and O–H groups in total. The number of nitrogens with zero attached hydrogens (tertiary/aromatic N) is 1. The first-order chi connectivity index (χ1) is 21.1. The van der Waals surface area contributed by atoms with Crippen molar-refractivity contribution in [1.29, 1.82) is 0 Å². The molecule has 2 atom stereocenters. The average Bonchev–Trinajstić information content (AvgIpc) is 2.96. The fraction of sp³-hybridized carbons (Fsp3) is 0.806. The number of hydrogen-bond donors (Lipinski definition) is 0. The molecule has 0 aromatic heterocycles. The predicted molar refractivity (Wildman–Crippen MR) is 176 cm³/mol. The Kier molecular flexibility index (Phi) is 26.9. The van der Waals surface area contributed by atoms with Gasteiger partial charge in [0.15, 0.2) is 6.10 Å². The van der Waals surface area contributed by atoms with E-state index in [2.05, 4.69) is 38.2 Å². The van der Waals surface area contributed by atoms with Crippen molar-refractivity contribution >= 4 is 17.9 Å². The first-order valence-corrected chi connectivity index (χ1v) is 17.4. The molecule has 0 aliphatic carbocycles. The number of allylic oxidation sites excluding steroid dienone is 4. The maximum absolute atomic E-state index is 12.5. The number of carbonyl (C=O) groups is 3. The highest BCUT2D eigenvalue weighted by molar-refractivity contribution is 5.70. The number of carboxylic acids is 1. The molecule has 2 unspecified atom stereocenters. The molecule has 0 aromatic rings. The van der Waals surface area contributed by atoms with Gasteiger partial charge >= 0.3 is 11.9 Å². The fourth-order valence-electron chi connectivity index (χ4n) is 4.87. The Bertz CT molecular complexity index is 788. The lowest BCUT2D eigenvalue weighted by atomic mass is 10.1. The van der Waals surface area contributed by atoms with Crippen LogP contribution in [0.15, 0.2) is 24.3 Å². The summed E-state index contributed by atoms with van der Waals surface area (Å²) in [5.74, 6) is -1.79. The van der Waals surface area contributed by atoms with E-state index in [9.17, 15) is 19.5 Å². The van der Waals surface area contributed by atoms with Crippen molar-refractivity contribution in [2.45, 2.75) is 148 Å². The standard InChI is InChI=1S/C36H65NO7/c1-6-8-10-12-14-16-17-19-20-22-24-26-34(38)43-31-32(30-42-29-28-33(36(40)41)37(3,4)5)44-35(39)27-25-23-21-18-15-13-11-9-7-2/h9,11,15,18,32-33H,6-8,10,12-14,16-17,19-31H2,1-5H3/b11-9+,18-15+. The molecule has 0 aliphatic heterocycles. The Balaban J connectivity index is 4.49. The smallest absolute Gasteiger partial charge is 0.306 e. The minimum Gasteiger partial charge on any atom is -0.544 e. The first kappa shape index (κ1) is 41.8. The van der Waals surface area contributed by atoms with Gasteiger partial charge in [-0.1, -0.05) is 102 Å². The molecule has 8 nitrogen and oxygen atoms in total. The SMILES string of the molecule is CC/C=C/C/C=C/CCCCC(=O)OC(COCCC(C(=O)[O-])[N+](C)(C)C)COC(=O)CCCCCCCCCCCCC. The monoisotopic (exact) mass is 623 g/mol. The Morgan fingerprint density at radius 2 is 1.27 bits per heavy atom. The third-order valence-electron chi connectivity index (χ3n) is 7.60. The second-order valence-corrected chi connectivity index (χ2v) is 12.7. The number of quaternary nitrogens is 1. The van der Waals surface area contributed by atoms with Gasteiger partial charge < -0.3 is 28.6 Å². The summed E-state index contributed by atoms with van der Waals surface area (Å²) in [5.41, 5.74) is 0. The zero-order chi connectivity index (χ0) is 32.9. The van der Waals surface area contributed by atoms with E-state index in [1.54, 1.807) is 21.1 Å². The molecule has 0 radical (unpaired) electrons. The van der Waals surface area contributed by atoms with Crippen LogP contribution in [0.4, 0.5) is 0 Å². The van der Waals surface area contributed by atoms with E-state index in [1.807, 2.05) is 0 Å². The van der Waals surface area contributed by atoms with Crippen LogP contribution in [0.5, 0.6) is 0 Å². The lowest BCUT2D eigenvalue weighted by Gasteiger charge is -2.34. The second-order valence-electron chi connectivity index (χ2n) is 12.7. The molecule has 0 spiro atoms. The van der Waals surface area contributed by atoms with Crippen molar-refractivity contribution in [3.05, 3.63) is 24.3 Å². The quantitative estimate of drug-likeness (QED) is 0.0373. The number of carbonyl (C=O) groups excluding carboxylic acids is 3. The van der Waals surface area contributed by atoms with Gasteiger partial charge in [-0.3, -0.25) is 9.59 Å². The van der Waals surface area contributed by atoms with Crippen molar-refractivity contribution in [2.24, 2.45) is 0 Å². The molecule has 0 aliphatic rings. The number of ether oxygens (including phenoxy) is 3. The van der Waals surface area contributed by atoms with E-state index in [1.165, 1.54) is 51.4 Å². The van der Waals surface area contributed by atoms with Crippen molar-refractivity contribution < 1.29 is 38.2 Å². The van der Waals surface area contributed by atoms with Gasteiger partial charge in [-0.2, -0.15) is 0 Å². The number of aliphatic carboxylic acids is 1. The number of rotatable bonds is 30. The Morgan fingerprint density at radius 1 is 0.705 bits per heavy atom. The van der Waals surface area contributed by atoms with Crippen molar-refractivity contribution in [3.8, 4) is 0 Å². The normalized spacial score (nSPS) is 13.4. The van der Waals surface area contributed by atoms with Crippen LogP contribution in [0.3, 0.4) is 0 Å². The Morgan fingerprint density at radius 3 is 1.86 bits per heavy atom. The van der Waals surface area contributed by atoms with E-state index < -0.39 is 18.1 Å². The molecule has 8 heteroatoms. The fourth-order valence-corrected chi connectivity index (χ4v) is 4.87. The maximum Gasteiger partial charge on any atom is 0.306 e. The first-order valence-electron chi connectivity index (χ1n) is 17.4. The molecule has 44 heavy (non-hydrogen) atoms. The van der Waals surface area contributed by atoms with E-state index in [0.717, 1.165) is 44.9 Å². The Labute approximate surface area is 269 Å². The van der Waals surface area contributed by atoms with E-state index in [4.69, 9.17) is 14.2 Å². The highest BCUT2D eigenvalue weighted by Crippen LogP contribution is 2.13. The van der Waals surface area contributed by atoms with Crippen LogP contribution in [-0.2, 0) is 28.6 Å². The molecule has 0 saturated heterocycles. The van der Waals surface area contributed by atoms with E-state index in [0.29, 0.717) is 12.8 Å². The van der Waals surface area contributed by atoms with Crippen LogP contribution < -0.4 is 5.11 Å². The minimum atomic E-state index is -1.13. The minimum absolute atomic E-state index is 0.0301. The van der Waals surface area contributed by atoms with Gasteiger partial charge in [-0.05, 0) is 38.5 Å². The number of hydrogen-bond acceptors (Lipinski definition) is 7. The van der Waals surface area contributed by atoms with Gasteiger partial charge in [0.2, 0.25) is 0 Å². The lowest BCUT2D eigenvalue weighted by Crippen LogP contribution is -2.55. The Hall–Kier alpha value is -2.19. The topological polar surface area (TPSA) is 102 Å². The number of likely N-dealkylation sites (N-methyl/N-ethyl adjacent to an activating group) is 1. The van der Waals surface area contributed by atoms with Crippen molar-refractivity contribution in [1.82, 2.24) is 0 Å². The van der Waals surface area contributed by atoms with Crippen LogP contribution in [0, 0.1) is 0 Å². The molecule has 0 rings (SSSR count). The third kappa shape index (κ3) is 26.2. The molecular weight excluding hydrogens is 558 g/mol. The summed E-state index contributed by atoms with van der Waals surface area (Å²) in [6, 6.07) is -0.726. The van der Waals surface area contributed by atoms with Crippen molar-refractivity contribution in [2.75, 3.05) is 41.0 Å².